The summed E-state index contributed by atoms with van der Waals surface area (Å²) >= 11 is 0. The molecule has 0 radical (unpaired) electrons. The average molecular weight is 309 g/mol. The molecule has 2 heterocycles. The largest absolute Gasteiger partial charge is 0.329 e. The number of nitrogens with zero attached hydrogens (tertiary/aromatic N) is 3. The highest BCUT2D eigenvalue weighted by molar-refractivity contribution is 5.58. The van der Waals surface area contributed by atoms with Crippen molar-refractivity contribution in [1.29, 1.82) is 0 Å². The molecule has 1 aromatic heterocycles. The Morgan fingerprint density at radius 2 is 1.96 bits per heavy atom. The van der Waals surface area contributed by atoms with Crippen LogP contribution >= 0.6 is 0 Å². The molecule has 1 aromatic carbocycles. The normalized spacial score (nSPS) is 18.5. The van der Waals surface area contributed by atoms with Gasteiger partial charge in [0.1, 0.15) is 5.82 Å². The molecular formula is C20H27N3. The summed E-state index contributed by atoms with van der Waals surface area (Å²) in [7, 11) is 2.07. The van der Waals surface area contributed by atoms with Gasteiger partial charge in [-0.1, -0.05) is 38.1 Å². The maximum absolute atomic E-state index is 4.71. The summed E-state index contributed by atoms with van der Waals surface area (Å²) in [5.74, 6) is 1.71. The van der Waals surface area contributed by atoms with E-state index in [1.165, 1.54) is 31.5 Å². The van der Waals surface area contributed by atoms with Crippen LogP contribution in [0.4, 0.5) is 11.5 Å². The predicted octanol–water partition coefficient (Wildman–Crippen LogP) is 4.64. The Labute approximate surface area is 140 Å². The first-order chi connectivity index (χ1) is 11.1. The Morgan fingerprint density at radius 3 is 2.61 bits per heavy atom. The number of hydrogen-bond donors (Lipinski definition) is 0. The number of likely N-dealkylation sites (tertiary alicyclic amines) is 1. The molecule has 3 rings (SSSR count). The number of rotatable bonds is 5. The summed E-state index contributed by atoms with van der Waals surface area (Å²) in [4.78, 5) is 9.46. The molecular weight excluding hydrogens is 282 g/mol. The van der Waals surface area contributed by atoms with Crippen LogP contribution < -0.4 is 4.90 Å². The number of aromatic nitrogens is 1. The van der Waals surface area contributed by atoms with Crippen LogP contribution in [0.25, 0.3) is 0 Å². The maximum Gasteiger partial charge on any atom is 0.132 e. The average Bonchev–Trinajstić information content (AvgIpc) is 3.02. The van der Waals surface area contributed by atoms with E-state index in [-0.39, 0.29) is 0 Å². The molecule has 0 N–H and O–H groups in total. The fourth-order valence-electron chi connectivity index (χ4n) is 3.47. The van der Waals surface area contributed by atoms with Crippen molar-refractivity contribution in [3.05, 3.63) is 54.2 Å². The highest BCUT2D eigenvalue weighted by atomic mass is 15.2. The fourth-order valence-corrected chi connectivity index (χ4v) is 3.47. The molecule has 3 heteroatoms. The van der Waals surface area contributed by atoms with Crippen LogP contribution in [-0.2, 0) is 0 Å². The Balaban J connectivity index is 1.74. The summed E-state index contributed by atoms with van der Waals surface area (Å²) in [6.07, 6.45) is 4.61. The number of para-hydroxylation sites is 1. The van der Waals surface area contributed by atoms with Crippen molar-refractivity contribution in [2.45, 2.75) is 32.7 Å². The lowest BCUT2D eigenvalue weighted by Gasteiger charge is -2.26. The number of pyridine rings is 1. The number of benzene rings is 1. The van der Waals surface area contributed by atoms with Crippen LogP contribution in [0.2, 0.25) is 0 Å². The van der Waals surface area contributed by atoms with Crippen molar-refractivity contribution in [2.75, 3.05) is 25.0 Å². The van der Waals surface area contributed by atoms with Gasteiger partial charge in [-0.3, -0.25) is 4.90 Å². The van der Waals surface area contributed by atoms with Crippen LogP contribution in [-0.4, -0.2) is 30.0 Å². The summed E-state index contributed by atoms with van der Waals surface area (Å²) in [5.41, 5.74) is 2.52. The predicted molar refractivity (Wildman–Crippen MR) is 97.1 cm³/mol. The lowest BCUT2D eigenvalue weighted by Crippen LogP contribution is -2.27. The van der Waals surface area contributed by atoms with E-state index in [1.54, 1.807) is 0 Å². The minimum atomic E-state index is 0.543. The third-order valence-electron chi connectivity index (χ3n) is 4.61. The van der Waals surface area contributed by atoms with Gasteiger partial charge in [-0.05, 0) is 49.1 Å². The maximum atomic E-state index is 4.71. The van der Waals surface area contributed by atoms with E-state index < -0.39 is 0 Å². The molecule has 1 fully saturated rings. The summed E-state index contributed by atoms with van der Waals surface area (Å²) in [5, 5.41) is 0. The quantitative estimate of drug-likeness (QED) is 0.802. The van der Waals surface area contributed by atoms with Gasteiger partial charge in [-0.15, -0.1) is 0 Å². The fraction of sp³-hybridized carbons (Fsp3) is 0.450. The second-order valence-electron chi connectivity index (χ2n) is 6.89. The summed E-state index contributed by atoms with van der Waals surface area (Å²) in [6.45, 7) is 6.99. The van der Waals surface area contributed by atoms with Crippen molar-refractivity contribution in [2.24, 2.45) is 5.92 Å². The first-order valence-corrected chi connectivity index (χ1v) is 8.64. The number of anilines is 2. The minimum Gasteiger partial charge on any atom is -0.329 e. The van der Waals surface area contributed by atoms with E-state index in [1.807, 2.05) is 6.07 Å². The van der Waals surface area contributed by atoms with E-state index in [0.717, 1.165) is 11.5 Å². The van der Waals surface area contributed by atoms with Crippen LogP contribution in [0, 0.1) is 5.92 Å². The molecule has 0 aliphatic carbocycles. The van der Waals surface area contributed by atoms with Crippen molar-refractivity contribution < 1.29 is 0 Å². The third-order valence-corrected chi connectivity index (χ3v) is 4.61. The van der Waals surface area contributed by atoms with Gasteiger partial charge >= 0.3 is 0 Å². The monoisotopic (exact) mass is 309 g/mol. The van der Waals surface area contributed by atoms with Crippen molar-refractivity contribution in [1.82, 2.24) is 9.88 Å². The molecule has 1 saturated heterocycles. The zero-order chi connectivity index (χ0) is 16.2. The lowest BCUT2D eigenvalue weighted by atomic mass is 10.1. The molecule has 0 saturated carbocycles. The highest BCUT2D eigenvalue weighted by Gasteiger charge is 2.26. The highest BCUT2D eigenvalue weighted by Crippen LogP contribution is 2.33. The van der Waals surface area contributed by atoms with Gasteiger partial charge in [0.05, 0.1) is 0 Å². The smallest absolute Gasteiger partial charge is 0.132 e. The summed E-state index contributed by atoms with van der Waals surface area (Å²) in [6, 6.07) is 15.3. The van der Waals surface area contributed by atoms with Gasteiger partial charge in [-0.2, -0.15) is 0 Å². The van der Waals surface area contributed by atoms with Crippen molar-refractivity contribution in [3.8, 4) is 0 Å². The van der Waals surface area contributed by atoms with E-state index in [4.69, 9.17) is 4.98 Å². The zero-order valence-electron chi connectivity index (χ0n) is 14.4. The Hall–Kier alpha value is -1.87. The SMILES string of the molecule is CC(C)CN1CCCC1c1ccc(N(C)c2ccccc2)nc1. The summed E-state index contributed by atoms with van der Waals surface area (Å²) < 4.78 is 0. The second kappa shape index (κ2) is 7.14. The van der Waals surface area contributed by atoms with Gasteiger partial charge in [0.2, 0.25) is 0 Å². The first kappa shape index (κ1) is 16.0. The Bertz CT molecular complexity index is 607. The number of hydrogen-bond acceptors (Lipinski definition) is 3. The van der Waals surface area contributed by atoms with E-state index in [0.29, 0.717) is 12.0 Å². The molecule has 0 amide bonds. The molecule has 1 aliphatic heterocycles. The molecule has 1 atom stereocenters. The van der Waals surface area contributed by atoms with E-state index >= 15 is 0 Å². The first-order valence-electron chi connectivity index (χ1n) is 8.64. The Morgan fingerprint density at radius 1 is 1.17 bits per heavy atom. The van der Waals surface area contributed by atoms with Gasteiger partial charge < -0.3 is 4.90 Å². The molecule has 23 heavy (non-hydrogen) atoms. The zero-order valence-corrected chi connectivity index (χ0v) is 14.4. The standard InChI is InChI=1S/C20H27N3/c1-16(2)15-23-13-7-10-19(23)17-11-12-20(21-14-17)22(3)18-8-5-4-6-9-18/h4-6,8-9,11-12,14,16,19H,7,10,13,15H2,1-3H3. The lowest BCUT2D eigenvalue weighted by molar-refractivity contribution is 0.228. The van der Waals surface area contributed by atoms with Crippen molar-refractivity contribution in [3.63, 3.8) is 0 Å². The minimum absolute atomic E-state index is 0.543. The van der Waals surface area contributed by atoms with Crippen LogP contribution in [0.5, 0.6) is 0 Å². The molecule has 0 bridgehead atoms. The second-order valence-corrected chi connectivity index (χ2v) is 6.89. The van der Waals surface area contributed by atoms with Crippen LogP contribution in [0.1, 0.15) is 38.3 Å². The third kappa shape index (κ3) is 3.73. The molecule has 0 spiro atoms. The molecule has 3 nitrogen and oxygen atoms in total. The van der Waals surface area contributed by atoms with Crippen LogP contribution in [0.3, 0.4) is 0 Å². The van der Waals surface area contributed by atoms with E-state index in [9.17, 15) is 0 Å². The topological polar surface area (TPSA) is 19.4 Å². The van der Waals surface area contributed by atoms with Gasteiger partial charge in [0, 0.05) is 31.5 Å². The van der Waals surface area contributed by atoms with Crippen molar-refractivity contribution >= 4 is 11.5 Å². The van der Waals surface area contributed by atoms with Crippen LogP contribution in [0.15, 0.2) is 48.7 Å². The molecule has 1 unspecified atom stereocenters. The Kier molecular flexibility index (Phi) is 4.97. The van der Waals surface area contributed by atoms with Gasteiger partial charge in [0.25, 0.3) is 0 Å². The van der Waals surface area contributed by atoms with Gasteiger partial charge in [-0.25, -0.2) is 4.98 Å². The molecule has 122 valence electrons. The molecule has 1 aliphatic rings. The molecule has 2 aromatic rings. The van der Waals surface area contributed by atoms with Gasteiger partial charge in [0.15, 0.2) is 0 Å². The van der Waals surface area contributed by atoms with E-state index in [2.05, 4.69) is 73.3 Å².